The van der Waals surface area contributed by atoms with Gasteiger partial charge in [0.25, 0.3) is 0 Å². The van der Waals surface area contributed by atoms with Crippen molar-refractivity contribution in [1.29, 1.82) is 0 Å². The first-order chi connectivity index (χ1) is 29.3. The number of benzene rings is 9. The lowest BCUT2D eigenvalue weighted by atomic mass is 9.81. The molecule has 0 N–H and O–H groups in total. The molecule has 0 bridgehead atoms. The van der Waals surface area contributed by atoms with Gasteiger partial charge in [-0.25, -0.2) is 0 Å². The molecule has 0 amide bonds. The molecule has 0 aromatic heterocycles. The number of hydrogen-bond donors (Lipinski definition) is 0. The van der Waals surface area contributed by atoms with E-state index < -0.39 is 16.1 Å². The number of fused-ring (bicyclic) bond motifs is 7. The summed E-state index contributed by atoms with van der Waals surface area (Å²) in [6.45, 7) is 19.4. The van der Waals surface area contributed by atoms with Gasteiger partial charge >= 0.3 is 0 Å². The zero-order valence-electron chi connectivity index (χ0n) is 36.7. The number of nitrogens with zero attached hydrogens (tertiary/aromatic N) is 2. The highest BCUT2D eigenvalue weighted by Gasteiger charge is 2.39. The molecule has 61 heavy (non-hydrogen) atoms. The summed E-state index contributed by atoms with van der Waals surface area (Å²) in [5.74, 6) is 0. The van der Waals surface area contributed by atoms with E-state index in [0.717, 1.165) is 0 Å². The Balaban J connectivity index is 1.18. The fourth-order valence-electron chi connectivity index (χ4n) is 9.74. The summed E-state index contributed by atoms with van der Waals surface area (Å²) in [6.07, 6.45) is 0. The van der Waals surface area contributed by atoms with Gasteiger partial charge in [-0.05, 0) is 93.0 Å². The van der Waals surface area contributed by atoms with Gasteiger partial charge in [0.2, 0.25) is 0 Å². The minimum absolute atomic E-state index is 0.280. The second-order valence-electron chi connectivity index (χ2n) is 19.5. The predicted octanol–water partition coefficient (Wildman–Crippen LogP) is 15.5. The Kier molecular flexibility index (Phi) is 9.24. The van der Waals surface area contributed by atoms with Crippen molar-refractivity contribution in [3.05, 3.63) is 193 Å². The van der Waals surface area contributed by atoms with E-state index in [-0.39, 0.29) is 5.41 Å². The zero-order chi connectivity index (χ0) is 42.3. The van der Waals surface area contributed by atoms with Gasteiger partial charge in [0.15, 0.2) is 0 Å². The van der Waals surface area contributed by atoms with Crippen molar-refractivity contribution >= 4 is 93.0 Å². The second-order valence-corrected chi connectivity index (χ2v) is 29.6. The van der Waals surface area contributed by atoms with E-state index in [0.29, 0.717) is 0 Å². The number of rotatable bonds is 8. The highest BCUT2D eigenvalue weighted by Crippen LogP contribution is 2.56. The monoisotopic (exact) mass is 822 g/mol. The van der Waals surface area contributed by atoms with Crippen LogP contribution in [0.1, 0.15) is 25.0 Å². The molecule has 0 spiro atoms. The average molecular weight is 823 g/mol. The van der Waals surface area contributed by atoms with Crippen LogP contribution in [0.15, 0.2) is 182 Å². The lowest BCUT2D eigenvalue weighted by Crippen LogP contribution is -2.37. The topological polar surface area (TPSA) is 6.48 Å². The third-order valence-corrected chi connectivity index (χ3v) is 17.3. The summed E-state index contributed by atoms with van der Waals surface area (Å²) < 4.78 is 0. The third-order valence-electron chi connectivity index (χ3n) is 13.1. The Bertz CT molecular complexity index is 3120. The van der Waals surface area contributed by atoms with E-state index in [2.05, 4.69) is 245 Å². The zero-order valence-corrected chi connectivity index (χ0v) is 38.7. The summed E-state index contributed by atoms with van der Waals surface area (Å²) in [6, 6.07) is 68.7. The number of anilines is 6. The average Bonchev–Trinajstić information content (AvgIpc) is 3.49. The molecule has 300 valence electrons. The maximum absolute atomic E-state index is 2.52. The lowest BCUT2D eigenvalue weighted by Gasteiger charge is -2.31. The van der Waals surface area contributed by atoms with Gasteiger partial charge < -0.3 is 9.80 Å². The smallest absolute Gasteiger partial charge is 0.0775 e. The molecule has 4 heteroatoms. The van der Waals surface area contributed by atoms with Crippen LogP contribution < -0.4 is 20.2 Å². The quantitative estimate of drug-likeness (QED) is 0.141. The first-order valence-electron chi connectivity index (χ1n) is 21.8. The lowest BCUT2D eigenvalue weighted by molar-refractivity contribution is 0.661. The van der Waals surface area contributed by atoms with E-state index in [1.165, 1.54) is 99.1 Å². The molecule has 0 atom stereocenters. The van der Waals surface area contributed by atoms with Crippen LogP contribution in [0.2, 0.25) is 39.3 Å². The maximum atomic E-state index is 2.52. The summed E-state index contributed by atoms with van der Waals surface area (Å²) in [5.41, 5.74) is 12.2. The van der Waals surface area contributed by atoms with Crippen molar-refractivity contribution in [3.63, 3.8) is 0 Å². The van der Waals surface area contributed by atoms with Crippen molar-refractivity contribution in [2.75, 3.05) is 9.80 Å². The molecule has 0 unspecified atom stereocenters. The normalized spacial score (nSPS) is 13.4. The van der Waals surface area contributed by atoms with Crippen molar-refractivity contribution < 1.29 is 0 Å². The van der Waals surface area contributed by atoms with Crippen LogP contribution >= 0.6 is 0 Å². The molecular formula is C57H54N2Si2. The molecule has 0 radical (unpaired) electrons. The van der Waals surface area contributed by atoms with E-state index in [9.17, 15) is 0 Å². The molecular weight excluding hydrogens is 769 g/mol. The molecule has 9 aromatic carbocycles. The van der Waals surface area contributed by atoms with Crippen molar-refractivity contribution in [2.24, 2.45) is 0 Å². The van der Waals surface area contributed by atoms with Gasteiger partial charge in [0.1, 0.15) is 0 Å². The van der Waals surface area contributed by atoms with Gasteiger partial charge in [-0.3, -0.25) is 0 Å². The Morgan fingerprint density at radius 3 is 1.34 bits per heavy atom. The van der Waals surface area contributed by atoms with Crippen LogP contribution in [-0.2, 0) is 5.41 Å². The van der Waals surface area contributed by atoms with Crippen LogP contribution in [0.4, 0.5) is 34.1 Å². The Hall–Kier alpha value is -6.21. The number of hydrogen-bond acceptors (Lipinski definition) is 2. The third kappa shape index (κ3) is 6.61. The predicted molar refractivity (Wildman–Crippen MR) is 272 cm³/mol. The van der Waals surface area contributed by atoms with Crippen LogP contribution in [0.5, 0.6) is 0 Å². The summed E-state index contributed by atoms with van der Waals surface area (Å²) >= 11 is 0. The SMILES string of the molecule is CC1(C)c2cc(N(c3ccc([Si](C)(C)C)cc3)c3cccc4ccccc34)ccc2-c2c1cc(N(c1ccc([Si](C)(C)C)cc1)c1cccc3ccccc13)c1ccccc21. The molecule has 0 heterocycles. The first kappa shape index (κ1) is 39.0. The van der Waals surface area contributed by atoms with E-state index in [1.807, 2.05) is 0 Å². The molecule has 0 aliphatic heterocycles. The van der Waals surface area contributed by atoms with Crippen LogP contribution in [0, 0.1) is 0 Å². The van der Waals surface area contributed by atoms with Crippen LogP contribution in [0.25, 0.3) is 43.4 Å². The van der Waals surface area contributed by atoms with E-state index in [1.54, 1.807) is 0 Å². The minimum Gasteiger partial charge on any atom is -0.310 e. The molecule has 0 saturated carbocycles. The Labute approximate surface area is 363 Å². The van der Waals surface area contributed by atoms with Crippen molar-refractivity contribution in [3.8, 4) is 11.1 Å². The fraction of sp³-hybridized carbons (Fsp3) is 0.158. The van der Waals surface area contributed by atoms with Gasteiger partial charge in [-0.2, -0.15) is 0 Å². The maximum Gasteiger partial charge on any atom is 0.0775 e. The molecule has 0 saturated heterocycles. The highest BCUT2D eigenvalue weighted by molar-refractivity contribution is 6.89. The highest BCUT2D eigenvalue weighted by atomic mass is 28.3. The molecule has 0 fully saturated rings. The standard InChI is InChI=1S/C57H54N2Si2/c1-57(2)51-37-43(58(41-27-32-44(33-28-41)60(3,4)5)53-25-15-19-39-17-9-11-21-46(39)53)31-36-50(51)56-49-24-14-13-23-48(49)55(38-52(56)57)59(42-29-34-45(35-30-42)61(6,7)8)54-26-16-20-40-18-10-12-22-47(40)54/h9-38H,1-8H3. The molecule has 10 rings (SSSR count). The molecule has 1 aliphatic rings. The van der Waals surface area contributed by atoms with E-state index in [4.69, 9.17) is 0 Å². The van der Waals surface area contributed by atoms with E-state index >= 15 is 0 Å². The molecule has 1 aliphatic carbocycles. The van der Waals surface area contributed by atoms with Crippen molar-refractivity contribution in [2.45, 2.75) is 58.5 Å². The van der Waals surface area contributed by atoms with Crippen LogP contribution in [0.3, 0.4) is 0 Å². The van der Waals surface area contributed by atoms with Gasteiger partial charge in [0.05, 0.1) is 33.2 Å². The van der Waals surface area contributed by atoms with Gasteiger partial charge in [-0.1, -0.05) is 191 Å². The Morgan fingerprint density at radius 1 is 0.361 bits per heavy atom. The first-order valence-corrected chi connectivity index (χ1v) is 28.8. The summed E-state index contributed by atoms with van der Waals surface area (Å²) in [5, 5.41) is 10.4. The summed E-state index contributed by atoms with van der Waals surface area (Å²) in [7, 11) is -2.99. The second kappa shape index (κ2) is 14.5. The molecule has 9 aromatic rings. The minimum atomic E-state index is -1.51. The molecule has 2 nitrogen and oxygen atoms in total. The summed E-state index contributed by atoms with van der Waals surface area (Å²) in [4.78, 5) is 5.00. The van der Waals surface area contributed by atoms with Gasteiger partial charge in [0, 0.05) is 38.6 Å². The largest absolute Gasteiger partial charge is 0.310 e. The van der Waals surface area contributed by atoms with Crippen LogP contribution in [-0.4, -0.2) is 16.1 Å². The van der Waals surface area contributed by atoms with Gasteiger partial charge in [-0.15, -0.1) is 0 Å². The Morgan fingerprint density at radius 2 is 0.803 bits per heavy atom. The van der Waals surface area contributed by atoms with Crippen molar-refractivity contribution in [1.82, 2.24) is 0 Å². The fourth-order valence-corrected chi connectivity index (χ4v) is 12.1.